The summed E-state index contributed by atoms with van der Waals surface area (Å²) in [5.41, 5.74) is 2.17. The van der Waals surface area contributed by atoms with Gasteiger partial charge in [0.15, 0.2) is 0 Å². The second kappa shape index (κ2) is 14.1. The third-order valence-electron chi connectivity index (χ3n) is 5.28. The molecule has 0 aliphatic heterocycles. The molecule has 9 heteroatoms. The van der Waals surface area contributed by atoms with E-state index in [-0.39, 0.29) is 31.1 Å². The lowest BCUT2D eigenvalue weighted by Gasteiger charge is -2.21. The zero-order valence-electron chi connectivity index (χ0n) is 19.6. The van der Waals surface area contributed by atoms with Crippen molar-refractivity contribution < 1.29 is 24.2 Å². The van der Waals surface area contributed by atoms with E-state index in [1.807, 2.05) is 30.3 Å². The first-order chi connectivity index (χ1) is 17.7. The van der Waals surface area contributed by atoms with Crippen LogP contribution < -0.4 is 10.6 Å². The SMILES string of the molecule is C#C[C@H](COCc1cccc(C(=O)O)c1)NC(=O)[C@H](Cc1cccc(I)c1)NC(=O)c1cccc(I)c1. The number of hydrogen-bond acceptors (Lipinski definition) is 4. The molecule has 0 spiro atoms. The smallest absolute Gasteiger partial charge is 0.335 e. The molecule has 0 heterocycles. The van der Waals surface area contributed by atoms with Crippen molar-refractivity contribution in [1.82, 2.24) is 10.6 Å². The fourth-order valence-electron chi connectivity index (χ4n) is 3.47. The van der Waals surface area contributed by atoms with Crippen molar-refractivity contribution in [2.45, 2.75) is 25.1 Å². The summed E-state index contributed by atoms with van der Waals surface area (Å²) < 4.78 is 7.57. The van der Waals surface area contributed by atoms with E-state index < -0.39 is 24.0 Å². The molecular weight excluding hydrogens is 698 g/mol. The number of benzene rings is 3. The van der Waals surface area contributed by atoms with E-state index in [4.69, 9.17) is 16.3 Å². The largest absolute Gasteiger partial charge is 0.478 e. The average Bonchev–Trinajstić information content (AvgIpc) is 2.87. The van der Waals surface area contributed by atoms with Crippen LogP contribution in [0.1, 0.15) is 31.8 Å². The van der Waals surface area contributed by atoms with Crippen molar-refractivity contribution in [1.29, 1.82) is 0 Å². The van der Waals surface area contributed by atoms with Crippen molar-refractivity contribution in [3.8, 4) is 12.3 Å². The Morgan fingerprint density at radius 2 is 1.54 bits per heavy atom. The van der Waals surface area contributed by atoms with Crippen molar-refractivity contribution in [2.24, 2.45) is 0 Å². The van der Waals surface area contributed by atoms with Gasteiger partial charge in [0.2, 0.25) is 5.91 Å². The van der Waals surface area contributed by atoms with Crippen LogP contribution in [-0.2, 0) is 22.6 Å². The zero-order valence-corrected chi connectivity index (χ0v) is 23.9. The van der Waals surface area contributed by atoms with Gasteiger partial charge in [-0.25, -0.2) is 4.79 Å². The van der Waals surface area contributed by atoms with Gasteiger partial charge in [0, 0.05) is 19.1 Å². The first-order valence-corrected chi connectivity index (χ1v) is 13.4. The van der Waals surface area contributed by atoms with Crippen LogP contribution in [0.2, 0.25) is 0 Å². The van der Waals surface area contributed by atoms with E-state index in [9.17, 15) is 14.4 Å². The number of carbonyl (C=O) groups is 3. The highest BCUT2D eigenvalue weighted by Crippen LogP contribution is 2.12. The molecule has 37 heavy (non-hydrogen) atoms. The molecule has 0 fully saturated rings. The van der Waals surface area contributed by atoms with Gasteiger partial charge in [-0.15, -0.1) is 6.42 Å². The van der Waals surface area contributed by atoms with Crippen molar-refractivity contribution in [3.63, 3.8) is 0 Å². The van der Waals surface area contributed by atoms with Crippen LogP contribution in [-0.4, -0.2) is 41.6 Å². The van der Waals surface area contributed by atoms with Crippen LogP contribution in [0.4, 0.5) is 0 Å². The lowest BCUT2D eigenvalue weighted by atomic mass is 10.0. The van der Waals surface area contributed by atoms with Gasteiger partial charge in [-0.05, 0) is 98.8 Å². The van der Waals surface area contributed by atoms with Crippen LogP contribution in [0.5, 0.6) is 0 Å². The molecule has 0 saturated carbocycles. The molecule has 190 valence electrons. The molecule has 0 unspecified atom stereocenters. The Kier molecular flexibility index (Phi) is 10.9. The Bertz CT molecular complexity index is 1320. The zero-order chi connectivity index (χ0) is 26.8. The van der Waals surface area contributed by atoms with E-state index in [1.165, 1.54) is 12.1 Å². The average molecular weight is 722 g/mol. The third-order valence-corrected chi connectivity index (χ3v) is 6.62. The molecule has 3 N–H and O–H groups in total. The van der Waals surface area contributed by atoms with Gasteiger partial charge in [-0.2, -0.15) is 0 Å². The first-order valence-electron chi connectivity index (χ1n) is 11.2. The maximum absolute atomic E-state index is 13.2. The van der Waals surface area contributed by atoms with Crippen molar-refractivity contribution in [2.75, 3.05) is 6.61 Å². The standard InChI is InChI=1S/C28H24I2N2O5/c1-2-24(17-37-16-19-7-3-9-21(12-19)28(35)36)31-27(34)25(14-18-6-4-10-22(29)13-18)32-26(33)20-8-5-11-23(30)15-20/h1,3-13,15,24-25H,14,16-17H2,(H,31,34)(H,32,33)(H,35,36)/t24-,25+/m1/s1. The maximum atomic E-state index is 13.2. The summed E-state index contributed by atoms with van der Waals surface area (Å²) >= 11 is 4.32. The predicted octanol–water partition coefficient (Wildman–Crippen LogP) is 4.27. The topological polar surface area (TPSA) is 105 Å². The molecular formula is C28H24I2N2O5. The molecule has 2 atom stereocenters. The Labute approximate surface area is 242 Å². The number of amides is 2. The molecule has 3 rings (SSSR count). The molecule has 0 bridgehead atoms. The molecule has 3 aromatic carbocycles. The minimum Gasteiger partial charge on any atom is -0.478 e. The van der Waals surface area contributed by atoms with E-state index in [1.54, 1.807) is 30.3 Å². The van der Waals surface area contributed by atoms with Crippen molar-refractivity contribution in [3.05, 3.63) is 102 Å². The molecule has 0 saturated heterocycles. The number of carbonyl (C=O) groups excluding carboxylic acids is 2. The quantitative estimate of drug-likeness (QED) is 0.203. The van der Waals surface area contributed by atoms with Gasteiger partial charge >= 0.3 is 5.97 Å². The van der Waals surface area contributed by atoms with Gasteiger partial charge in [0.25, 0.3) is 5.91 Å². The Hall–Kier alpha value is -2.95. The molecule has 7 nitrogen and oxygen atoms in total. The van der Waals surface area contributed by atoms with Gasteiger partial charge in [0.1, 0.15) is 12.1 Å². The Balaban J connectivity index is 1.67. The van der Waals surface area contributed by atoms with Gasteiger partial charge in [-0.3, -0.25) is 9.59 Å². The van der Waals surface area contributed by atoms with Crippen LogP contribution in [0, 0.1) is 19.5 Å². The lowest BCUT2D eigenvalue weighted by Crippen LogP contribution is -2.51. The fraction of sp³-hybridized carbons (Fsp3) is 0.179. The molecule has 0 radical (unpaired) electrons. The monoisotopic (exact) mass is 722 g/mol. The molecule has 0 aliphatic carbocycles. The van der Waals surface area contributed by atoms with E-state index in [0.717, 1.165) is 12.7 Å². The van der Waals surface area contributed by atoms with Gasteiger partial charge in [-0.1, -0.05) is 36.3 Å². The molecule has 0 aromatic heterocycles. The summed E-state index contributed by atoms with van der Waals surface area (Å²) in [4.78, 5) is 37.3. The van der Waals surface area contributed by atoms with E-state index in [0.29, 0.717) is 11.1 Å². The fourth-order valence-corrected chi connectivity index (χ4v) is 4.62. The summed E-state index contributed by atoms with van der Waals surface area (Å²) in [5.74, 6) is 0.680. The first kappa shape index (κ1) is 28.6. The Morgan fingerprint density at radius 1 is 0.892 bits per heavy atom. The minimum atomic E-state index is -1.03. The van der Waals surface area contributed by atoms with Crippen LogP contribution in [0.15, 0.2) is 72.8 Å². The van der Waals surface area contributed by atoms with E-state index in [2.05, 4.69) is 61.7 Å². The number of carboxylic acids is 1. The van der Waals surface area contributed by atoms with Gasteiger partial charge < -0.3 is 20.5 Å². The number of carboxylic acid groups (broad SMARTS) is 1. The molecule has 2 amide bonds. The third kappa shape index (κ3) is 9.14. The number of halogens is 2. The van der Waals surface area contributed by atoms with Crippen molar-refractivity contribution >= 4 is 63.0 Å². The summed E-state index contributed by atoms with van der Waals surface area (Å²) in [7, 11) is 0. The number of hydrogen-bond donors (Lipinski definition) is 3. The predicted molar refractivity (Wildman–Crippen MR) is 157 cm³/mol. The second-order valence-corrected chi connectivity index (χ2v) is 10.6. The van der Waals surface area contributed by atoms with Crippen LogP contribution in [0.25, 0.3) is 0 Å². The summed E-state index contributed by atoms with van der Waals surface area (Å²) in [5, 5.41) is 14.7. The Morgan fingerprint density at radius 3 is 2.22 bits per heavy atom. The molecule has 0 aliphatic rings. The summed E-state index contributed by atoms with van der Waals surface area (Å²) in [6.07, 6.45) is 5.91. The highest BCUT2D eigenvalue weighted by Gasteiger charge is 2.24. The lowest BCUT2D eigenvalue weighted by molar-refractivity contribution is -0.123. The number of rotatable bonds is 11. The maximum Gasteiger partial charge on any atom is 0.335 e. The highest BCUT2D eigenvalue weighted by molar-refractivity contribution is 14.1. The second-order valence-electron chi connectivity index (χ2n) is 8.12. The van der Waals surface area contributed by atoms with E-state index >= 15 is 0 Å². The highest BCUT2D eigenvalue weighted by atomic mass is 127. The van der Waals surface area contributed by atoms with Gasteiger partial charge in [0.05, 0.1) is 18.8 Å². The number of nitrogens with one attached hydrogen (secondary N) is 2. The number of terminal acetylenes is 1. The molecule has 3 aromatic rings. The van der Waals surface area contributed by atoms with Crippen LogP contribution >= 0.6 is 45.2 Å². The normalized spacial score (nSPS) is 12.1. The summed E-state index contributed by atoms with van der Waals surface area (Å²) in [6.45, 7) is 0.144. The van der Waals surface area contributed by atoms with Crippen LogP contribution in [0.3, 0.4) is 0 Å². The minimum absolute atomic E-state index is 0.0142. The number of ether oxygens (including phenoxy) is 1. The number of aromatic carboxylic acids is 1. The summed E-state index contributed by atoms with van der Waals surface area (Å²) in [6, 6.07) is 19.6.